The van der Waals surface area contributed by atoms with Gasteiger partial charge in [0.15, 0.2) is 5.54 Å². The SMILES string of the molecule is CN(C)CC(C)(C)CNC(=O)NC1(C(=O)O)CCOC1. The molecular formula is C13H25N3O4. The van der Waals surface area contributed by atoms with E-state index < -0.39 is 17.5 Å². The van der Waals surface area contributed by atoms with Crippen LogP contribution in [0.4, 0.5) is 4.79 Å². The lowest BCUT2D eigenvalue weighted by atomic mass is 9.93. The molecule has 7 nitrogen and oxygen atoms in total. The molecule has 0 aromatic rings. The van der Waals surface area contributed by atoms with Gasteiger partial charge in [0.05, 0.1) is 6.61 Å². The fourth-order valence-corrected chi connectivity index (χ4v) is 2.38. The van der Waals surface area contributed by atoms with Gasteiger partial charge in [0.25, 0.3) is 0 Å². The van der Waals surface area contributed by atoms with Crippen LogP contribution in [0.5, 0.6) is 0 Å². The summed E-state index contributed by atoms with van der Waals surface area (Å²) in [7, 11) is 3.94. The Bertz CT molecular complexity index is 363. The first-order chi connectivity index (χ1) is 9.17. The number of nitrogens with zero attached hydrogens (tertiary/aromatic N) is 1. The first kappa shape index (κ1) is 16.7. The molecule has 1 unspecified atom stereocenters. The Kier molecular flexibility index (Phi) is 5.35. The average Bonchev–Trinajstić information content (AvgIpc) is 2.75. The topological polar surface area (TPSA) is 90.9 Å². The molecule has 0 aromatic carbocycles. The number of hydrogen-bond donors (Lipinski definition) is 3. The van der Waals surface area contributed by atoms with Crippen molar-refractivity contribution in [3.05, 3.63) is 0 Å². The van der Waals surface area contributed by atoms with Gasteiger partial charge in [-0.05, 0) is 19.5 Å². The second kappa shape index (κ2) is 6.41. The average molecular weight is 287 g/mol. The van der Waals surface area contributed by atoms with Crippen molar-refractivity contribution in [3.63, 3.8) is 0 Å². The molecule has 0 aliphatic carbocycles. The van der Waals surface area contributed by atoms with E-state index in [9.17, 15) is 14.7 Å². The summed E-state index contributed by atoms with van der Waals surface area (Å²) < 4.78 is 5.09. The maximum atomic E-state index is 11.9. The van der Waals surface area contributed by atoms with E-state index in [4.69, 9.17) is 4.74 Å². The third kappa shape index (κ3) is 4.64. The zero-order valence-corrected chi connectivity index (χ0v) is 12.7. The molecule has 0 saturated carbocycles. The Morgan fingerprint density at radius 3 is 2.50 bits per heavy atom. The van der Waals surface area contributed by atoms with Gasteiger partial charge in [0.1, 0.15) is 0 Å². The third-order valence-electron chi connectivity index (χ3n) is 3.26. The Labute approximate surface area is 119 Å². The number of carboxylic acids is 1. The van der Waals surface area contributed by atoms with Crippen LogP contribution in [0.2, 0.25) is 0 Å². The summed E-state index contributed by atoms with van der Waals surface area (Å²) in [5.74, 6) is -1.06. The minimum Gasteiger partial charge on any atom is -0.479 e. The van der Waals surface area contributed by atoms with Crippen LogP contribution in [0.3, 0.4) is 0 Å². The quantitative estimate of drug-likeness (QED) is 0.645. The van der Waals surface area contributed by atoms with Gasteiger partial charge < -0.3 is 25.4 Å². The molecule has 1 aliphatic heterocycles. The van der Waals surface area contributed by atoms with Crippen molar-refractivity contribution in [2.75, 3.05) is 40.4 Å². The number of rotatable bonds is 6. The lowest BCUT2D eigenvalue weighted by Gasteiger charge is -2.30. The maximum Gasteiger partial charge on any atom is 0.332 e. The van der Waals surface area contributed by atoms with Gasteiger partial charge in [-0.3, -0.25) is 0 Å². The summed E-state index contributed by atoms with van der Waals surface area (Å²) in [5, 5.41) is 14.5. The molecule has 20 heavy (non-hydrogen) atoms. The molecule has 1 heterocycles. The normalized spacial score (nSPS) is 22.9. The van der Waals surface area contributed by atoms with E-state index in [0.29, 0.717) is 13.2 Å². The second-order valence-electron chi connectivity index (χ2n) is 6.40. The Morgan fingerprint density at radius 1 is 1.40 bits per heavy atom. The van der Waals surface area contributed by atoms with Crippen LogP contribution in [0.1, 0.15) is 20.3 Å². The fourth-order valence-electron chi connectivity index (χ4n) is 2.38. The van der Waals surface area contributed by atoms with Gasteiger partial charge in [-0.15, -0.1) is 0 Å². The number of carboxylic acid groups (broad SMARTS) is 1. The Morgan fingerprint density at radius 2 is 2.05 bits per heavy atom. The van der Waals surface area contributed by atoms with Gasteiger partial charge in [-0.2, -0.15) is 0 Å². The van der Waals surface area contributed by atoms with E-state index in [1.54, 1.807) is 0 Å². The summed E-state index contributed by atoms with van der Waals surface area (Å²) in [4.78, 5) is 25.2. The molecule has 0 bridgehead atoms. The van der Waals surface area contributed by atoms with Gasteiger partial charge in [0.2, 0.25) is 0 Å². The van der Waals surface area contributed by atoms with Gasteiger partial charge >= 0.3 is 12.0 Å². The summed E-state index contributed by atoms with van der Waals surface area (Å²) >= 11 is 0. The van der Waals surface area contributed by atoms with Crippen molar-refractivity contribution < 1.29 is 19.4 Å². The predicted octanol–water partition coefficient (Wildman–Crippen LogP) is 0.117. The highest BCUT2D eigenvalue weighted by Crippen LogP contribution is 2.19. The number of carbonyl (C=O) groups is 2. The van der Waals surface area contributed by atoms with E-state index in [0.717, 1.165) is 6.54 Å². The molecule has 1 aliphatic rings. The van der Waals surface area contributed by atoms with Crippen molar-refractivity contribution in [1.82, 2.24) is 15.5 Å². The Hall–Kier alpha value is -1.34. The van der Waals surface area contributed by atoms with Crippen LogP contribution >= 0.6 is 0 Å². The van der Waals surface area contributed by atoms with Crippen molar-refractivity contribution in [2.45, 2.75) is 25.8 Å². The van der Waals surface area contributed by atoms with Crippen LogP contribution < -0.4 is 10.6 Å². The minimum absolute atomic E-state index is 0.0108. The monoisotopic (exact) mass is 287 g/mol. The molecule has 0 radical (unpaired) electrons. The highest BCUT2D eigenvalue weighted by atomic mass is 16.5. The molecule has 1 rings (SSSR count). The predicted molar refractivity (Wildman–Crippen MR) is 74.7 cm³/mol. The van der Waals surface area contributed by atoms with Crippen LogP contribution in [0, 0.1) is 5.41 Å². The second-order valence-corrected chi connectivity index (χ2v) is 6.40. The first-order valence-corrected chi connectivity index (χ1v) is 6.69. The molecular weight excluding hydrogens is 262 g/mol. The van der Waals surface area contributed by atoms with Crippen LogP contribution in [0.15, 0.2) is 0 Å². The Balaban J connectivity index is 2.49. The number of hydrogen-bond acceptors (Lipinski definition) is 4. The molecule has 0 aromatic heterocycles. The van der Waals surface area contributed by atoms with Gasteiger partial charge in [-0.1, -0.05) is 13.8 Å². The van der Waals surface area contributed by atoms with Crippen molar-refractivity contribution in [2.24, 2.45) is 5.41 Å². The molecule has 0 spiro atoms. The van der Waals surface area contributed by atoms with Crippen LogP contribution in [0.25, 0.3) is 0 Å². The van der Waals surface area contributed by atoms with E-state index >= 15 is 0 Å². The molecule has 1 atom stereocenters. The summed E-state index contributed by atoms with van der Waals surface area (Å²) in [6.07, 6.45) is 0.289. The smallest absolute Gasteiger partial charge is 0.332 e. The molecule has 1 saturated heterocycles. The number of nitrogens with one attached hydrogen (secondary N) is 2. The lowest BCUT2D eigenvalue weighted by molar-refractivity contribution is -0.144. The molecule has 116 valence electrons. The number of carbonyl (C=O) groups excluding carboxylic acids is 1. The van der Waals surface area contributed by atoms with Crippen molar-refractivity contribution in [3.8, 4) is 0 Å². The molecule has 1 fully saturated rings. The van der Waals surface area contributed by atoms with Crippen LogP contribution in [-0.4, -0.2) is 67.9 Å². The minimum atomic E-state index is -1.30. The zero-order chi connectivity index (χ0) is 15.4. The van der Waals surface area contributed by atoms with Gasteiger partial charge in [-0.25, -0.2) is 9.59 Å². The summed E-state index contributed by atoms with van der Waals surface area (Å²) in [6.45, 7) is 5.72. The molecule has 3 N–H and O–H groups in total. The number of urea groups is 1. The van der Waals surface area contributed by atoms with E-state index in [1.807, 2.05) is 32.8 Å². The highest BCUT2D eigenvalue weighted by molar-refractivity contribution is 5.86. The van der Waals surface area contributed by atoms with Gasteiger partial charge in [0, 0.05) is 26.1 Å². The molecule has 7 heteroatoms. The first-order valence-electron chi connectivity index (χ1n) is 6.69. The van der Waals surface area contributed by atoms with E-state index in [2.05, 4.69) is 10.6 Å². The third-order valence-corrected chi connectivity index (χ3v) is 3.26. The zero-order valence-electron chi connectivity index (χ0n) is 12.7. The lowest BCUT2D eigenvalue weighted by Crippen LogP contribution is -2.58. The largest absolute Gasteiger partial charge is 0.479 e. The van der Waals surface area contributed by atoms with Crippen molar-refractivity contribution in [1.29, 1.82) is 0 Å². The summed E-state index contributed by atoms with van der Waals surface area (Å²) in [6, 6.07) is -0.468. The van der Waals surface area contributed by atoms with Crippen molar-refractivity contribution >= 4 is 12.0 Å². The number of aliphatic carboxylic acids is 1. The van der Waals surface area contributed by atoms with E-state index in [-0.39, 0.29) is 18.4 Å². The highest BCUT2D eigenvalue weighted by Gasteiger charge is 2.44. The van der Waals surface area contributed by atoms with E-state index in [1.165, 1.54) is 0 Å². The molecule has 2 amide bonds. The summed E-state index contributed by atoms with van der Waals surface area (Å²) in [5.41, 5.74) is -1.39. The van der Waals surface area contributed by atoms with Crippen LogP contribution in [-0.2, 0) is 9.53 Å². The number of ether oxygens (including phenoxy) is 1. The standard InChI is InChI=1S/C13H25N3O4/c1-12(2,8-16(3)4)7-14-11(19)15-13(10(17)18)5-6-20-9-13/h5-9H2,1-4H3,(H,17,18)(H2,14,15,19). The fraction of sp³-hybridized carbons (Fsp3) is 0.846. The maximum absolute atomic E-state index is 11.9. The number of amides is 2.